The predicted molar refractivity (Wildman–Crippen MR) is 139 cm³/mol. The number of nitrogens with one attached hydrogen (secondary N) is 1. The van der Waals surface area contributed by atoms with Gasteiger partial charge >= 0.3 is 5.97 Å². The van der Waals surface area contributed by atoms with Gasteiger partial charge in [-0.2, -0.15) is 0 Å². The van der Waals surface area contributed by atoms with Crippen LogP contribution in [0.2, 0.25) is 0 Å². The summed E-state index contributed by atoms with van der Waals surface area (Å²) in [6.07, 6.45) is 3.10. The van der Waals surface area contributed by atoms with E-state index in [0.29, 0.717) is 16.5 Å². The van der Waals surface area contributed by atoms with E-state index in [2.05, 4.69) is 26.1 Å². The number of aromatic nitrogens is 1. The van der Waals surface area contributed by atoms with Crippen molar-refractivity contribution in [1.29, 1.82) is 0 Å². The number of piperidine rings is 1. The standard InChI is InChI=1S/C27H28BrF2N3O3/c1-16-25(21-13-18(28)6-9-23(21)32-26(16)33-11-3-2-4-12-33)27(36)31-15-17(5-10-24(34)35)20-14-19(29)7-8-22(20)30/h6-9,13-14,17H,2-5,10-12,15H2,1H3,(H,31,36)(H,34,35)/t17-/m1/s1. The van der Waals surface area contributed by atoms with Crippen molar-refractivity contribution in [2.45, 2.75) is 44.9 Å². The number of carboxylic acid groups (broad SMARTS) is 1. The Morgan fingerprint density at radius 1 is 1.14 bits per heavy atom. The summed E-state index contributed by atoms with van der Waals surface area (Å²) in [4.78, 5) is 31.8. The number of anilines is 1. The van der Waals surface area contributed by atoms with Crippen LogP contribution in [0.3, 0.4) is 0 Å². The van der Waals surface area contributed by atoms with Crippen LogP contribution in [0.25, 0.3) is 10.9 Å². The molecule has 4 rings (SSSR count). The molecule has 1 aliphatic rings. The van der Waals surface area contributed by atoms with Gasteiger partial charge in [-0.05, 0) is 74.6 Å². The van der Waals surface area contributed by atoms with Crippen LogP contribution in [-0.2, 0) is 4.79 Å². The summed E-state index contributed by atoms with van der Waals surface area (Å²) < 4.78 is 29.2. The van der Waals surface area contributed by atoms with E-state index in [4.69, 9.17) is 10.1 Å². The zero-order valence-corrected chi connectivity index (χ0v) is 21.6. The first-order valence-corrected chi connectivity index (χ1v) is 12.8. The van der Waals surface area contributed by atoms with Crippen LogP contribution < -0.4 is 10.2 Å². The van der Waals surface area contributed by atoms with Gasteiger partial charge < -0.3 is 15.3 Å². The normalized spacial score (nSPS) is 14.6. The largest absolute Gasteiger partial charge is 0.481 e. The maximum atomic E-state index is 14.5. The fourth-order valence-corrected chi connectivity index (χ4v) is 5.18. The Balaban J connectivity index is 1.68. The number of carbonyl (C=O) groups is 2. The quantitative estimate of drug-likeness (QED) is 0.356. The van der Waals surface area contributed by atoms with E-state index in [1.165, 1.54) is 0 Å². The van der Waals surface area contributed by atoms with E-state index in [1.54, 1.807) is 0 Å². The SMILES string of the molecule is Cc1c(N2CCCCC2)nc2ccc(Br)cc2c1C(=O)NC[C@@H](CCC(=O)O)c1cc(F)ccc1F. The molecule has 1 aliphatic heterocycles. The number of benzene rings is 2. The van der Waals surface area contributed by atoms with E-state index in [9.17, 15) is 18.4 Å². The molecule has 1 fully saturated rings. The minimum atomic E-state index is -1.05. The number of hydrogen-bond donors (Lipinski definition) is 2. The number of hydrogen-bond acceptors (Lipinski definition) is 4. The number of nitrogens with zero attached hydrogens (tertiary/aromatic N) is 2. The van der Waals surface area contributed by atoms with Crippen LogP contribution in [0, 0.1) is 18.6 Å². The van der Waals surface area contributed by atoms with E-state index in [1.807, 2.05) is 25.1 Å². The van der Waals surface area contributed by atoms with Gasteiger partial charge in [-0.1, -0.05) is 15.9 Å². The number of pyridine rings is 1. The van der Waals surface area contributed by atoms with Crippen LogP contribution in [0.1, 0.15) is 59.5 Å². The first-order valence-electron chi connectivity index (χ1n) is 12.0. The molecule has 2 N–H and O–H groups in total. The highest BCUT2D eigenvalue weighted by atomic mass is 79.9. The number of halogens is 3. The highest BCUT2D eigenvalue weighted by Crippen LogP contribution is 2.32. The molecule has 1 amide bonds. The smallest absolute Gasteiger partial charge is 0.303 e. The van der Waals surface area contributed by atoms with Gasteiger partial charge in [-0.15, -0.1) is 0 Å². The molecule has 0 bridgehead atoms. The Morgan fingerprint density at radius 2 is 1.89 bits per heavy atom. The second-order valence-corrected chi connectivity index (χ2v) is 10.1. The molecule has 1 saturated heterocycles. The molecule has 0 aliphatic carbocycles. The topological polar surface area (TPSA) is 82.5 Å². The average Bonchev–Trinajstić information content (AvgIpc) is 2.85. The first-order chi connectivity index (χ1) is 17.2. The van der Waals surface area contributed by atoms with Crippen molar-refractivity contribution < 1.29 is 23.5 Å². The fourth-order valence-electron chi connectivity index (χ4n) is 4.82. The number of carboxylic acids is 1. The summed E-state index contributed by atoms with van der Waals surface area (Å²) in [5.74, 6) is -2.60. The van der Waals surface area contributed by atoms with Crippen LogP contribution in [0.5, 0.6) is 0 Å². The van der Waals surface area contributed by atoms with Gasteiger partial charge in [0.15, 0.2) is 0 Å². The van der Waals surface area contributed by atoms with Gasteiger partial charge in [0.2, 0.25) is 0 Å². The van der Waals surface area contributed by atoms with Crippen molar-refractivity contribution >= 4 is 44.5 Å². The Kier molecular flexibility index (Phi) is 8.18. The predicted octanol–water partition coefficient (Wildman–Crippen LogP) is 5.95. The summed E-state index contributed by atoms with van der Waals surface area (Å²) in [6, 6.07) is 8.67. The molecule has 9 heteroatoms. The highest BCUT2D eigenvalue weighted by Gasteiger charge is 2.24. The van der Waals surface area contributed by atoms with Gasteiger partial charge in [-0.3, -0.25) is 9.59 Å². The van der Waals surface area contributed by atoms with Gasteiger partial charge in [0, 0.05) is 47.4 Å². The van der Waals surface area contributed by atoms with E-state index in [0.717, 1.165) is 66.4 Å². The van der Waals surface area contributed by atoms with Gasteiger partial charge in [-0.25, -0.2) is 13.8 Å². The van der Waals surface area contributed by atoms with Crippen molar-refractivity contribution in [3.63, 3.8) is 0 Å². The van der Waals surface area contributed by atoms with E-state index < -0.39 is 23.5 Å². The monoisotopic (exact) mass is 559 g/mol. The number of fused-ring (bicyclic) bond motifs is 1. The molecule has 2 aromatic carbocycles. The third kappa shape index (κ3) is 5.83. The first kappa shape index (κ1) is 26.0. The molecule has 0 saturated carbocycles. The van der Waals surface area contributed by atoms with Crippen LogP contribution >= 0.6 is 15.9 Å². The third-order valence-electron chi connectivity index (χ3n) is 6.66. The summed E-state index contributed by atoms with van der Waals surface area (Å²) >= 11 is 3.47. The lowest BCUT2D eigenvalue weighted by Crippen LogP contribution is -2.33. The zero-order chi connectivity index (χ0) is 25.8. The van der Waals surface area contributed by atoms with Gasteiger partial charge in [0.25, 0.3) is 5.91 Å². The minimum absolute atomic E-state index is 0.0389. The Hall–Kier alpha value is -3.07. The third-order valence-corrected chi connectivity index (χ3v) is 7.15. The molecule has 0 radical (unpaired) electrons. The lowest BCUT2D eigenvalue weighted by molar-refractivity contribution is -0.137. The molecule has 190 valence electrons. The maximum absolute atomic E-state index is 14.5. The molecule has 1 atom stereocenters. The lowest BCUT2D eigenvalue weighted by Gasteiger charge is -2.30. The number of rotatable bonds is 8. The summed E-state index contributed by atoms with van der Waals surface area (Å²) in [5, 5.41) is 12.7. The van der Waals surface area contributed by atoms with Crippen molar-refractivity contribution in [2.24, 2.45) is 0 Å². The lowest BCUT2D eigenvalue weighted by atomic mass is 9.93. The second kappa shape index (κ2) is 11.3. The Bertz CT molecular complexity index is 1290. The van der Waals surface area contributed by atoms with E-state index >= 15 is 0 Å². The molecule has 36 heavy (non-hydrogen) atoms. The Morgan fingerprint density at radius 3 is 2.61 bits per heavy atom. The Labute approximate surface area is 216 Å². The van der Waals surface area contributed by atoms with Crippen molar-refractivity contribution in [2.75, 3.05) is 24.5 Å². The molecule has 0 spiro atoms. The summed E-state index contributed by atoms with van der Waals surface area (Å²) in [7, 11) is 0. The van der Waals surface area contributed by atoms with E-state index in [-0.39, 0.29) is 30.9 Å². The summed E-state index contributed by atoms with van der Waals surface area (Å²) in [6.45, 7) is 3.57. The van der Waals surface area contributed by atoms with Crippen molar-refractivity contribution in [3.05, 3.63) is 69.2 Å². The van der Waals surface area contributed by atoms with Gasteiger partial charge in [0.1, 0.15) is 17.5 Å². The molecular weight excluding hydrogens is 532 g/mol. The average molecular weight is 560 g/mol. The van der Waals surface area contributed by atoms with Crippen molar-refractivity contribution in [3.8, 4) is 0 Å². The highest BCUT2D eigenvalue weighted by molar-refractivity contribution is 9.10. The summed E-state index contributed by atoms with van der Waals surface area (Å²) in [5.41, 5.74) is 1.95. The fraction of sp³-hybridized carbons (Fsp3) is 0.370. The molecule has 3 aromatic rings. The van der Waals surface area contributed by atoms with Crippen LogP contribution in [-0.4, -0.2) is 41.6 Å². The molecule has 2 heterocycles. The van der Waals surface area contributed by atoms with Gasteiger partial charge in [0.05, 0.1) is 11.1 Å². The second-order valence-electron chi connectivity index (χ2n) is 9.15. The molecule has 0 unspecified atom stereocenters. The van der Waals surface area contributed by atoms with Crippen LogP contribution in [0.4, 0.5) is 14.6 Å². The minimum Gasteiger partial charge on any atom is -0.481 e. The number of amides is 1. The molecule has 6 nitrogen and oxygen atoms in total. The maximum Gasteiger partial charge on any atom is 0.303 e. The molecule has 1 aromatic heterocycles. The zero-order valence-electron chi connectivity index (χ0n) is 20.0. The molecular formula is C27H28BrF2N3O3. The van der Waals surface area contributed by atoms with Crippen LogP contribution in [0.15, 0.2) is 40.9 Å². The van der Waals surface area contributed by atoms with Crippen molar-refractivity contribution in [1.82, 2.24) is 10.3 Å². The number of carbonyl (C=O) groups excluding carboxylic acids is 1. The number of aliphatic carboxylic acids is 1.